The highest BCUT2D eigenvalue weighted by Gasteiger charge is 2.20. The molecule has 0 saturated heterocycles. The number of pyridine rings is 2. The highest BCUT2D eigenvalue weighted by Crippen LogP contribution is 2.38. The predicted octanol–water partition coefficient (Wildman–Crippen LogP) is 11.3. The molecule has 0 bridgehead atoms. The predicted molar refractivity (Wildman–Crippen MR) is 208 cm³/mol. The van der Waals surface area contributed by atoms with Crippen molar-refractivity contribution < 1.29 is 0 Å². The van der Waals surface area contributed by atoms with Crippen molar-refractivity contribution >= 4 is 22.2 Å². The van der Waals surface area contributed by atoms with Crippen LogP contribution < -0.4 is 0 Å². The number of hydrogen-bond donors (Lipinski definition) is 0. The largest absolute Gasteiger partial charge is 0.313 e. The maximum absolute atomic E-state index is 4.87. The van der Waals surface area contributed by atoms with Crippen LogP contribution in [0.15, 0.2) is 152 Å². The average molecular weight is 660 g/mol. The Morgan fingerprint density at radius 1 is 0.451 bits per heavy atom. The summed E-state index contributed by atoms with van der Waals surface area (Å²) in [4.78, 5) is 9.73. The molecule has 0 unspecified atom stereocenters. The Morgan fingerprint density at radius 2 is 0.980 bits per heavy atom. The van der Waals surface area contributed by atoms with E-state index in [0.717, 1.165) is 46.7 Å². The fourth-order valence-electron chi connectivity index (χ4n) is 8.03. The first-order valence-corrected chi connectivity index (χ1v) is 18.1. The second-order valence-electron chi connectivity index (χ2n) is 13.8. The maximum Gasteiger partial charge on any atom is 0.137 e. The minimum atomic E-state index is 0.954. The molecule has 0 spiro atoms. The van der Waals surface area contributed by atoms with Crippen LogP contribution in [0.5, 0.6) is 0 Å². The number of fused-ring (bicyclic) bond motifs is 5. The minimum absolute atomic E-state index is 0.954. The molecular formula is C46H37N5. The zero-order valence-corrected chi connectivity index (χ0v) is 28.4. The molecular weight excluding hydrogens is 623 g/mol. The van der Waals surface area contributed by atoms with E-state index < -0.39 is 0 Å². The molecule has 0 radical (unpaired) electrons. The van der Waals surface area contributed by atoms with Crippen LogP contribution in [0, 0.1) is 0 Å². The van der Waals surface area contributed by atoms with E-state index in [0.29, 0.717) is 0 Å². The third-order valence-electron chi connectivity index (χ3n) is 10.6. The molecule has 5 heteroatoms. The van der Waals surface area contributed by atoms with Gasteiger partial charge < -0.3 is 13.4 Å². The molecule has 10 rings (SSSR count). The zero-order chi connectivity index (χ0) is 33.7. The Balaban J connectivity index is 1.11. The highest BCUT2D eigenvalue weighted by molar-refractivity contribution is 5.89. The van der Waals surface area contributed by atoms with Crippen molar-refractivity contribution in [3.63, 3.8) is 0 Å². The Bertz CT molecular complexity index is 2490. The lowest BCUT2D eigenvalue weighted by Gasteiger charge is -2.18. The van der Waals surface area contributed by atoms with Gasteiger partial charge >= 0.3 is 0 Å². The molecule has 1 aliphatic rings. The van der Waals surface area contributed by atoms with Crippen molar-refractivity contribution in [2.24, 2.45) is 0 Å². The van der Waals surface area contributed by atoms with E-state index >= 15 is 0 Å². The Hall–Kier alpha value is -6.20. The van der Waals surface area contributed by atoms with Crippen LogP contribution in [0.4, 0.5) is 0 Å². The van der Waals surface area contributed by atoms with Gasteiger partial charge in [-0.15, -0.1) is 0 Å². The van der Waals surface area contributed by atoms with Gasteiger partial charge in [-0.25, -0.2) is 9.97 Å². The monoisotopic (exact) mass is 659 g/mol. The van der Waals surface area contributed by atoms with Crippen LogP contribution in [0.3, 0.4) is 0 Å². The topological polar surface area (TPSA) is 39.5 Å². The van der Waals surface area contributed by atoms with Crippen LogP contribution in [0.25, 0.3) is 72.7 Å². The SMILES string of the molecule is c1ccc2c(c1)c1c(n2-c2cc(-c3ccc(-c4cn5ccccc5n4)cc3)cc(-c3ccc(-c4cn5ccccc5n4)cc3)c2)CCCCCC1. The van der Waals surface area contributed by atoms with Gasteiger partial charge in [-0.1, -0.05) is 91.7 Å². The molecule has 5 nitrogen and oxygen atoms in total. The van der Waals surface area contributed by atoms with Gasteiger partial charge in [0, 0.05) is 52.7 Å². The molecule has 4 aromatic carbocycles. The smallest absolute Gasteiger partial charge is 0.137 e. The van der Waals surface area contributed by atoms with Crippen LogP contribution in [0.1, 0.15) is 36.9 Å². The molecule has 0 N–H and O–H groups in total. The number of aromatic nitrogens is 5. The van der Waals surface area contributed by atoms with Crippen molar-refractivity contribution in [1.82, 2.24) is 23.3 Å². The fourth-order valence-corrected chi connectivity index (χ4v) is 8.03. The minimum Gasteiger partial charge on any atom is -0.313 e. The number of aryl methyl sites for hydroxylation is 1. The summed E-state index contributed by atoms with van der Waals surface area (Å²) >= 11 is 0. The van der Waals surface area contributed by atoms with E-state index in [1.807, 2.05) is 48.8 Å². The van der Waals surface area contributed by atoms with E-state index in [-0.39, 0.29) is 0 Å². The van der Waals surface area contributed by atoms with Crippen LogP contribution in [0.2, 0.25) is 0 Å². The Kier molecular flexibility index (Phi) is 7.16. The second-order valence-corrected chi connectivity index (χ2v) is 13.8. The van der Waals surface area contributed by atoms with Gasteiger partial charge in [0.15, 0.2) is 0 Å². The van der Waals surface area contributed by atoms with Gasteiger partial charge in [0.1, 0.15) is 11.3 Å². The molecule has 5 heterocycles. The molecule has 0 aliphatic heterocycles. The van der Waals surface area contributed by atoms with Crippen molar-refractivity contribution in [2.45, 2.75) is 38.5 Å². The third-order valence-corrected chi connectivity index (χ3v) is 10.6. The molecule has 0 fully saturated rings. The first kappa shape index (κ1) is 29.7. The maximum atomic E-state index is 4.87. The Labute approximate surface area is 297 Å². The summed E-state index contributed by atoms with van der Waals surface area (Å²) in [6, 6.07) is 46.1. The van der Waals surface area contributed by atoms with E-state index in [1.165, 1.54) is 75.8 Å². The Morgan fingerprint density at radius 3 is 1.57 bits per heavy atom. The molecule has 0 atom stereocenters. The lowest BCUT2D eigenvalue weighted by Crippen LogP contribution is -2.05. The summed E-state index contributed by atoms with van der Waals surface area (Å²) < 4.78 is 6.72. The molecule has 9 aromatic rings. The number of para-hydroxylation sites is 1. The van der Waals surface area contributed by atoms with Gasteiger partial charge in [-0.2, -0.15) is 0 Å². The summed E-state index contributed by atoms with van der Waals surface area (Å²) in [6.45, 7) is 0. The summed E-state index contributed by atoms with van der Waals surface area (Å²) in [7, 11) is 0. The number of benzene rings is 4. The van der Waals surface area contributed by atoms with Gasteiger partial charge in [0.05, 0.1) is 16.9 Å². The van der Waals surface area contributed by atoms with E-state index in [2.05, 4.69) is 117 Å². The summed E-state index contributed by atoms with van der Waals surface area (Å²) in [5, 5.41) is 1.40. The quantitative estimate of drug-likeness (QED) is 0.184. The first-order valence-electron chi connectivity index (χ1n) is 18.1. The van der Waals surface area contributed by atoms with E-state index in [1.54, 1.807) is 0 Å². The summed E-state index contributed by atoms with van der Waals surface area (Å²) in [5.41, 5.74) is 16.4. The third kappa shape index (κ3) is 5.33. The van der Waals surface area contributed by atoms with Crippen LogP contribution >= 0.6 is 0 Å². The molecule has 5 aromatic heterocycles. The highest BCUT2D eigenvalue weighted by atomic mass is 15.0. The van der Waals surface area contributed by atoms with Crippen molar-refractivity contribution in [1.29, 1.82) is 0 Å². The van der Waals surface area contributed by atoms with Crippen LogP contribution in [-0.2, 0) is 12.8 Å². The average Bonchev–Trinajstić information content (AvgIpc) is 3.89. The molecule has 1 aliphatic carbocycles. The summed E-state index contributed by atoms with van der Waals surface area (Å²) in [5.74, 6) is 0. The fraction of sp³-hybridized carbons (Fsp3) is 0.130. The second kappa shape index (κ2) is 12.3. The van der Waals surface area contributed by atoms with Crippen LogP contribution in [-0.4, -0.2) is 23.3 Å². The van der Waals surface area contributed by atoms with Gasteiger partial charge in [0.25, 0.3) is 0 Å². The van der Waals surface area contributed by atoms with E-state index in [9.17, 15) is 0 Å². The molecule has 0 saturated carbocycles. The number of hydrogen-bond acceptors (Lipinski definition) is 2. The number of nitrogens with zero attached hydrogens (tertiary/aromatic N) is 5. The normalized spacial score (nSPS) is 13.4. The number of imidazole rings is 2. The number of rotatable bonds is 5. The lowest BCUT2D eigenvalue weighted by atomic mass is 9.95. The molecule has 0 amide bonds. The van der Waals surface area contributed by atoms with Crippen molar-refractivity contribution in [3.8, 4) is 50.5 Å². The van der Waals surface area contributed by atoms with Gasteiger partial charge in [-0.3, -0.25) is 0 Å². The van der Waals surface area contributed by atoms with Gasteiger partial charge in [-0.05, 0) is 102 Å². The van der Waals surface area contributed by atoms with Crippen molar-refractivity contribution in [3.05, 3.63) is 163 Å². The van der Waals surface area contributed by atoms with Crippen molar-refractivity contribution in [2.75, 3.05) is 0 Å². The van der Waals surface area contributed by atoms with Gasteiger partial charge in [0.2, 0.25) is 0 Å². The lowest BCUT2D eigenvalue weighted by molar-refractivity contribution is 0.608. The first-order chi connectivity index (χ1) is 25.2. The molecule has 246 valence electrons. The molecule has 51 heavy (non-hydrogen) atoms. The standard InChI is InChI=1S/C46H37N5/c1-2-4-13-43-39(11-3-1)40-12-5-6-14-44(40)51(43)38-28-36(32-17-21-34(22-18-32)41-30-49-25-9-7-15-45(49)47-41)27-37(29-38)33-19-23-35(24-20-33)42-31-50-26-10-8-16-46(50)48-42/h5-10,12,14-31H,1-4,11,13H2. The van der Waals surface area contributed by atoms with E-state index in [4.69, 9.17) is 9.97 Å². The summed E-state index contributed by atoms with van der Waals surface area (Å²) in [6.07, 6.45) is 15.6. The zero-order valence-electron chi connectivity index (χ0n) is 28.4.